The molecule has 0 aliphatic heterocycles. The number of pyridine rings is 1. The molecule has 1 amide bonds. The lowest BCUT2D eigenvalue weighted by molar-refractivity contribution is -0.137. The highest BCUT2D eigenvalue weighted by Crippen LogP contribution is 2.44. The molecule has 0 atom stereocenters. The van der Waals surface area contributed by atoms with Gasteiger partial charge in [-0.15, -0.1) is 0 Å². The molecule has 0 radical (unpaired) electrons. The molecule has 2 aromatic rings. The van der Waals surface area contributed by atoms with E-state index in [2.05, 4.69) is 5.32 Å². The first-order chi connectivity index (χ1) is 11.7. The first-order valence-corrected chi connectivity index (χ1v) is 7.60. The number of hydrogen-bond donors (Lipinski definition) is 2. The molecule has 1 aromatic carbocycles. The lowest BCUT2D eigenvalue weighted by atomic mass is 9.64. The summed E-state index contributed by atoms with van der Waals surface area (Å²) < 4.78 is 51.4. The van der Waals surface area contributed by atoms with Crippen molar-refractivity contribution in [3.8, 4) is 0 Å². The van der Waals surface area contributed by atoms with E-state index in [9.17, 15) is 27.2 Å². The highest BCUT2D eigenvalue weighted by atomic mass is 19.4. The third-order valence-corrected chi connectivity index (χ3v) is 4.52. The number of rotatable bonds is 3. The van der Waals surface area contributed by atoms with Crippen molar-refractivity contribution in [2.75, 3.05) is 5.32 Å². The van der Waals surface area contributed by atoms with Gasteiger partial charge in [-0.1, -0.05) is 18.6 Å². The second-order valence-corrected chi connectivity index (χ2v) is 6.03. The summed E-state index contributed by atoms with van der Waals surface area (Å²) in [7, 11) is 0. The molecule has 3 rings (SSSR count). The molecule has 1 fully saturated rings. The number of carbonyl (C=O) groups excluding carboxylic acids is 1. The van der Waals surface area contributed by atoms with E-state index in [0.29, 0.717) is 30.7 Å². The summed E-state index contributed by atoms with van der Waals surface area (Å²) in [4.78, 5) is 26.4. The number of amides is 1. The number of benzene rings is 1. The maximum absolute atomic E-state index is 13.1. The number of alkyl halides is 3. The van der Waals surface area contributed by atoms with Gasteiger partial charge < -0.3 is 10.3 Å². The van der Waals surface area contributed by atoms with Crippen LogP contribution in [0.15, 0.2) is 41.3 Å². The highest BCUT2D eigenvalue weighted by Gasteiger charge is 2.46. The number of hydrogen-bond acceptors (Lipinski definition) is 2. The third kappa shape index (κ3) is 3.16. The van der Waals surface area contributed by atoms with Gasteiger partial charge in [-0.2, -0.15) is 13.2 Å². The summed E-state index contributed by atoms with van der Waals surface area (Å²) in [6, 6.07) is 6.00. The van der Waals surface area contributed by atoms with Crippen LogP contribution in [0.4, 0.5) is 23.2 Å². The molecule has 0 spiro atoms. The Morgan fingerprint density at radius 2 is 1.80 bits per heavy atom. The molecule has 8 heteroatoms. The van der Waals surface area contributed by atoms with E-state index >= 15 is 0 Å². The SMILES string of the molecule is O=C(Nc1cc(C(F)(F)F)c[nH]c1=O)C1(c2ccc(F)cc2)CCC1. The van der Waals surface area contributed by atoms with Gasteiger partial charge in [-0.25, -0.2) is 4.39 Å². The van der Waals surface area contributed by atoms with Crippen LogP contribution in [-0.2, 0) is 16.4 Å². The largest absolute Gasteiger partial charge is 0.417 e. The average molecular weight is 354 g/mol. The van der Waals surface area contributed by atoms with E-state index in [1.54, 1.807) is 0 Å². The van der Waals surface area contributed by atoms with Gasteiger partial charge in [0.2, 0.25) is 5.91 Å². The van der Waals surface area contributed by atoms with Gasteiger partial charge in [0.1, 0.15) is 11.5 Å². The van der Waals surface area contributed by atoms with Crippen molar-refractivity contribution >= 4 is 11.6 Å². The van der Waals surface area contributed by atoms with E-state index < -0.39 is 40.1 Å². The van der Waals surface area contributed by atoms with Crippen LogP contribution >= 0.6 is 0 Å². The standard InChI is InChI=1S/C17H14F4N2O2/c18-12-4-2-10(3-5-12)16(6-1-7-16)15(25)23-13-8-11(17(19,20)21)9-22-14(13)24/h2-5,8-9H,1,6-7H2,(H,22,24)(H,23,25). The smallest absolute Gasteiger partial charge is 0.327 e. The zero-order chi connectivity index (χ0) is 18.2. The summed E-state index contributed by atoms with van der Waals surface area (Å²) in [5.74, 6) is -1.02. The van der Waals surface area contributed by atoms with Gasteiger partial charge in [0.05, 0.1) is 11.0 Å². The molecule has 1 saturated carbocycles. The molecule has 1 aromatic heterocycles. The molecule has 132 valence electrons. The van der Waals surface area contributed by atoms with Crippen LogP contribution in [0.5, 0.6) is 0 Å². The van der Waals surface area contributed by atoms with Crippen LogP contribution < -0.4 is 10.9 Å². The van der Waals surface area contributed by atoms with Crippen molar-refractivity contribution in [2.45, 2.75) is 30.9 Å². The van der Waals surface area contributed by atoms with Crippen LogP contribution in [-0.4, -0.2) is 10.9 Å². The van der Waals surface area contributed by atoms with E-state index in [-0.39, 0.29) is 0 Å². The normalized spacial score (nSPS) is 16.2. The second kappa shape index (κ2) is 6.02. The van der Waals surface area contributed by atoms with E-state index in [0.717, 1.165) is 6.42 Å². The van der Waals surface area contributed by atoms with E-state index in [1.807, 2.05) is 4.98 Å². The van der Waals surface area contributed by atoms with Crippen molar-refractivity contribution < 1.29 is 22.4 Å². The molecule has 4 nitrogen and oxygen atoms in total. The molecule has 0 saturated heterocycles. The predicted octanol–water partition coefficient (Wildman–Crippen LogP) is 3.59. The fourth-order valence-electron chi connectivity index (χ4n) is 2.93. The van der Waals surface area contributed by atoms with E-state index in [4.69, 9.17) is 0 Å². The minimum absolute atomic E-state index is 0.451. The van der Waals surface area contributed by atoms with Gasteiger partial charge in [-0.3, -0.25) is 9.59 Å². The van der Waals surface area contributed by atoms with Crippen LogP contribution in [0, 0.1) is 5.82 Å². The quantitative estimate of drug-likeness (QED) is 0.828. The number of anilines is 1. The van der Waals surface area contributed by atoms with Crippen LogP contribution in [0.3, 0.4) is 0 Å². The van der Waals surface area contributed by atoms with Crippen molar-refractivity contribution in [3.63, 3.8) is 0 Å². The Morgan fingerprint density at radius 3 is 2.32 bits per heavy atom. The number of nitrogens with one attached hydrogen (secondary N) is 2. The van der Waals surface area contributed by atoms with Gasteiger partial charge >= 0.3 is 6.18 Å². The van der Waals surface area contributed by atoms with Gasteiger partial charge in [0.25, 0.3) is 5.56 Å². The molecular weight excluding hydrogens is 340 g/mol. The molecule has 0 unspecified atom stereocenters. The van der Waals surface area contributed by atoms with Crippen LogP contribution in [0.1, 0.15) is 30.4 Å². The average Bonchev–Trinajstić information content (AvgIpc) is 2.49. The molecule has 2 N–H and O–H groups in total. The maximum Gasteiger partial charge on any atom is 0.417 e. The molecule has 0 bridgehead atoms. The highest BCUT2D eigenvalue weighted by molar-refractivity contribution is 5.99. The Kier molecular flexibility index (Phi) is 4.14. The molecule has 25 heavy (non-hydrogen) atoms. The number of halogens is 4. The zero-order valence-corrected chi connectivity index (χ0v) is 12.9. The van der Waals surface area contributed by atoms with Crippen LogP contribution in [0.25, 0.3) is 0 Å². The monoisotopic (exact) mass is 354 g/mol. The second-order valence-electron chi connectivity index (χ2n) is 6.03. The third-order valence-electron chi connectivity index (χ3n) is 4.52. The van der Waals surface area contributed by atoms with Crippen LogP contribution in [0.2, 0.25) is 0 Å². The zero-order valence-electron chi connectivity index (χ0n) is 12.9. The first-order valence-electron chi connectivity index (χ1n) is 7.60. The van der Waals surface area contributed by atoms with E-state index in [1.165, 1.54) is 24.3 Å². The maximum atomic E-state index is 13.1. The topological polar surface area (TPSA) is 62.0 Å². The number of H-pyrrole nitrogens is 1. The summed E-state index contributed by atoms with van der Waals surface area (Å²) in [6.45, 7) is 0. The Hall–Kier alpha value is -2.64. The van der Waals surface area contributed by atoms with Gasteiger partial charge in [-0.05, 0) is 36.6 Å². The summed E-state index contributed by atoms with van der Waals surface area (Å²) >= 11 is 0. The first kappa shape index (κ1) is 17.2. The van der Waals surface area contributed by atoms with Gasteiger partial charge in [0, 0.05) is 6.20 Å². The summed E-state index contributed by atoms with van der Waals surface area (Å²) in [5.41, 5.74) is -2.75. The predicted molar refractivity (Wildman–Crippen MR) is 82.6 cm³/mol. The van der Waals surface area contributed by atoms with Crippen molar-refractivity contribution in [1.82, 2.24) is 4.98 Å². The Balaban J connectivity index is 1.91. The Labute approximate surface area is 139 Å². The minimum atomic E-state index is -4.64. The van der Waals surface area contributed by atoms with Crippen molar-refractivity contribution in [1.29, 1.82) is 0 Å². The van der Waals surface area contributed by atoms with Crippen molar-refractivity contribution in [2.24, 2.45) is 0 Å². The molecule has 1 aliphatic rings. The Bertz CT molecular complexity index is 852. The van der Waals surface area contributed by atoms with Gasteiger partial charge in [0.15, 0.2) is 0 Å². The Morgan fingerprint density at radius 1 is 1.16 bits per heavy atom. The minimum Gasteiger partial charge on any atom is -0.327 e. The molecular formula is C17H14F4N2O2. The summed E-state index contributed by atoms with van der Waals surface area (Å²) in [5, 5.41) is 2.30. The fourth-order valence-corrected chi connectivity index (χ4v) is 2.93. The molecule has 1 aliphatic carbocycles. The number of aromatic nitrogens is 1. The lowest BCUT2D eigenvalue weighted by Gasteiger charge is -2.40. The molecule has 1 heterocycles. The number of carbonyl (C=O) groups is 1. The fraction of sp³-hybridized carbons (Fsp3) is 0.294. The summed E-state index contributed by atoms with van der Waals surface area (Å²) in [6.07, 6.45) is -2.39. The number of aromatic amines is 1. The van der Waals surface area contributed by atoms with Crippen molar-refractivity contribution in [3.05, 3.63) is 63.8 Å². The lowest BCUT2D eigenvalue weighted by Crippen LogP contribution is -2.46.